The van der Waals surface area contributed by atoms with E-state index in [0.717, 1.165) is 36.0 Å². The summed E-state index contributed by atoms with van der Waals surface area (Å²) in [4.78, 5) is 42.3. The van der Waals surface area contributed by atoms with Gasteiger partial charge in [-0.15, -0.1) is 0 Å². The predicted octanol–water partition coefficient (Wildman–Crippen LogP) is -3.76. The lowest BCUT2D eigenvalue weighted by atomic mass is 10.0. The number of nitrogens with two attached hydrogens (primary N) is 2. The van der Waals surface area contributed by atoms with E-state index in [4.69, 9.17) is 33.3 Å². The fourth-order valence-electron chi connectivity index (χ4n) is 5.86. The normalized spacial score (nSPS) is 16.2. The van der Waals surface area contributed by atoms with Crippen LogP contribution in [0.1, 0.15) is 46.7 Å². The van der Waals surface area contributed by atoms with Crippen LogP contribution in [0.4, 0.5) is 0 Å². The molecule has 8 atom stereocenters. The van der Waals surface area contributed by atoms with Gasteiger partial charge in [-0.2, -0.15) is 0 Å². The lowest BCUT2D eigenvalue weighted by Gasteiger charge is -2.33. The van der Waals surface area contributed by atoms with E-state index in [1.165, 1.54) is 11.1 Å². The van der Waals surface area contributed by atoms with Gasteiger partial charge in [-0.25, -0.2) is 9.97 Å². The Bertz CT molecular complexity index is 1750. The largest absolute Gasteiger partial charge is 0.394 e. The van der Waals surface area contributed by atoms with Crippen molar-refractivity contribution in [2.75, 3.05) is 45.9 Å². The second-order valence-electron chi connectivity index (χ2n) is 13.9. The van der Waals surface area contributed by atoms with Gasteiger partial charge in [-0.05, 0) is 42.9 Å². The van der Waals surface area contributed by atoms with Crippen molar-refractivity contribution in [1.82, 2.24) is 25.2 Å². The van der Waals surface area contributed by atoms with Crippen LogP contribution in [-0.2, 0) is 17.6 Å². The molecule has 326 valence electrons. The third-order valence-electron chi connectivity index (χ3n) is 9.39. The number of nitrogens with zero attached hydrogens (tertiary/aromatic N) is 5. The van der Waals surface area contributed by atoms with Crippen LogP contribution in [-0.4, -0.2) is 183 Å². The van der Waals surface area contributed by atoms with Crippen LogP contribution < -0.4 is 16.8 Å². The topological polar surface area (TPSA) is 355 Å². The van der Waals surface area contributed by atoms with E-state index in [1.807, 2.05) is 36.4 Å². The van der Waals surface area contributed by atoms with Gasteiger partial charge in [0.25, 0.3) is 5.91 Å². The molecule has 2 heterocycles. The van der Waals surface area contributed by atoms with Crippen LogP contribution in [0.3, 0.4) is 0 Å². The number of nitrogens with one attached hydrogen (secondary N) is 1. The molecule has 0 aliphatic rings. The van der Waals surface area contributed by atoms with Crippen LogP contribution in [0.5, 0.6) is 0 Å². The maximum absolute atomic E-state index is 12.7. The maximum Gasteiger partial charge on any atom is 0.269 e. The molecule has 1 aromatic carbocycles. The first-order chi connectivity index (χ1) is 28.1. The maximum atomic E-state index is 12.7. The highest BCUT2D eigenvalue weighted by Crippen LogP contribution is 2.20. The molecule has 2 amide bonds. The SMILES string of the molecule is NC(=O)c1nc(Cl)cnc1C(N)=NCCCCc1ccc(-c2ccc(CCC(=O)NCCN(C[C@H](O)[C@@H](O)[C@H](O)[C@H](O)CO)C[C@H](O)[C@@H](O)[C@H](O)[C@H](O)CO)nc2)cc1. The number of hydrogen-bond acceptors (Lipinski definition) is 17. The number of hydrogen-bond donors (Lipinski definition) is 13. The highest BCUT2D eigenvalue weighted by molar-refractivity contribution is 6.29. The Balaban J connectivity index is 1.47. The number of carbonyl (C=O) groups excluding carboxylic acids is 2. The van der Waals surface area contributed by atoms with Gasteiger partial charge in [0.2, 0.25) is 5.91 Å². The van der Waals surface area contributed by atoms with Crippen LogP contribution in [0.25, 0.3) is 11.1 Å². The molecule has 0 saturated heterocycles. The number of aliphatic imine (C=N–C) groups is 1. The molecule has 0 fully saturated rings. The van der Waals surface area contributed by atoms with Gasteiger partial charge in [0, 0.05) is 56.6 Å². The molecule has 20 nitrogen and oxygen atoms in total. The summed E-state index contributed by atoms with van der Waals surface area (Å²) in [5.74, 6) is -1.10. The van der Waals surface area contributed by atoms with Gasteiger partial charge in [0.1, 0.15) is 53.3 Å². The minimum atomic E-state index is -1.92. The molecule has 59 heavy (non-hydrogen) atoms. The number of primary amides is 1. The Kier molecular flexibility index (Phi) is 20.6. The summed E-state index contributed by atoms with van der Waals surface area (Å²) in [6.45, 7) is -2.37. The van der Waals surface area contributed by atoms with Crippen molar-refractivity contribution in [3.63, 3.8) is 0 Å². The highest BCUT2D eigenvalue weighted by Gasteiger charge is 2.34. The lowest BCUT2D eigenvalue weighted by molar-refractivity contribution is -0.130. The minimum absolute atomic E-state index is 0.0189. The van der Waals surface area contributed by atoms with E-state index < -0.39 is 81.0 Å². The number of halogens is 1. The first-order valence-corrected chi connectivity index (χ1v) is 19.3. The van der Waals surface area contributed by atoms with Crippen LogP contribution >= 0.6 is 11.6 Å². The Hall–Kier alpha value is -4.29. The van der Waals surface area contributed by atoms with Crippen molar-refractivity contribution in [2.45, 2.75) is 80.9 Å². The fourth-order valence-corrected chi connectivity index (χ4v) is 5.99. The van der Waals surface area contributed by atoms with Gasteiger partial charge in [0.05, 0.1) is 31.6 Å². The number of aromatic nitrogens is 3. The summed E-state index contributed by atoms with van der Waals surface area (Å²) in [7, 11) is 0. The summed E-state index contributed by atoms with van der Waals surface area (Å²) >= 11 is 5.79. The van der Waals surface area contributed by atoms with Crippen LogP contribution in [0.2, 0.25) is 5.15 Å². The number of amides is 2. The van der Waals surface area contributed by atoms with Gasteiger partial charge in [-0.1, -0.05) is 41.9 Å². The van der Waals surface area contributed by atoms with Crippen molar-refractivity contribution in [1.29, 1.82) is 0 Å². The Morgan fingerprint density at radius 2 is 1.31 bits per heavy atom. The zero-order chi connectivity index (χ0) is 43.6. The summed E-state index contributed by atoms with van der Waals surface area (Å²) in [5.41, 5.74) is 14.9. The average Bonchev–Trinajstić information content (AvgIpc) is 3.23. The zero-order valence-electron chi connectivity index (χ0n) is 32.3. The first kappa shape index (κ1) is 49.1. The lowest BCUT2D eigenvalue weighted by Crippen LogP contribution is -2.54. The molecule has 21 heteroatoms. The summed E-state index contributed by atoms with van der Waals surface area (Å²) in [6.07, 6.45) is -8.92. The third kappa shape index (κ3) is 15.7. The summed E-state index contributed by atoms with van der Waals surface area (Å²) in [5, 5.41) is 102. The number of unbranched alkanes of at least 4 members (excludes halogenated alkanes) is 1. The smallest absolute Gasteiger partial charge is 0.269 e. The van der Waals surface area contributed by atoms with Gasteiger partial charge >= 0.3 is 0 Å². The molecule has 0 spiro atoms. The minimum Gasteiger partial charge on any atom is -0.394 e. The molecule has 3 aromatic rings. The average molecular weight is 851 g/mol. The van der Waals surface area contributed by atoms with Gasteiger partial charge < -0.3 is 67.8 Å². The molecule has 15 N–H and O–H groups in total. The standard InChI is InChI=1S/C38H55ClN8O12/c39-29-16-45-31(32(46-29)38(41)59)37(40)43-12-2-1-3-21-4-6-22(7-5-21)23-8-9-24(44-15-23)10-11-30(54)42-13-14-47(17-25(50)33(55)35(57)27(52)19-48)18-26(51)34(56)36(58)28(53)20-49/h4-9,15-16,25-28,33-36,48-53,55-58H,1-3,10-14,17-20H2,(H2,40,43)(H2,41,59)(H,42,54)/t25-,26-,27+,28+,33+,34+,35+,36+/m0/s1. The molecular weight excluding hydrogens is 796 g/mol. The van der Waals surface area contributed by atoms with Crippen molar-refractivity contribution in [2.24, 2.45) is 16.5 Å². The van der Waals surface area contributed by atoms with Crippen molar-refractivity contribution in [3.8, 4) is 11.1 Å². The molecular formula is C38H55ClN8O12. The summed E-state index contributed by atoms with van der Waals surface area (Å²) in [6, 6.07) is 11.7. The number of rotatable bonds is 26. The molecule has 2 aromatic heterocycles. The monoisotopic (exact) mass is 850 g/mol. The quantitative estimate of drug-likeness (QED) is 0.0210. The third-order valence-corrected chi connectivity index (χ3v) is 9.57. The number of aryl methyl sites for hydroxylation is 2. The van der Waals surface area contributed by atoms with Crippen LogP contribution in [0.15, 0.2) is 53.8 Å². The van der Waals surface area contributed by atoms with E-state index in [-0.39, 0.29) is 47.8 Å². The number of benzene rings is 1. The predicted molar refractivity (Wildman–Crippen MR) is 214 cm³/mol. The van der Waals surface area contributed by atoms with E-state index in [0.29, 0.717) is 18.7 Å². The van der Waals surface area contributed by atoms with Crippen molar-refractivity contribution in [3.05, 3.63) is 76.6 Å². The molecule has 0 aliphatic carbocycles. The second-order valence-corrected chi connectivity index (χ2v) is 14.3. The van der Waals surface area contributed by atoms with Gasteiger partial charge in [-0.3, -0.25) is 24.5 Å². The van der Waals surface area contributed by atoms with Gasteiger partial charge in [0.15, 0.2) is 5.69 Å². The molecule has 0 bridgehead atoms. The molecule has 3 rings (SSSR count). The van der Waals surface area contributed by atoms with Crippen LogP contribution in [0, 0.1) is 0 Å². The molecule has 0 aliphatic heterocycles. The van der Waals surface area contributed by atoms with E-state index in [1.54, 1.807) is 6.20 Å². The number of pyridine rings is 1. The molecule has 0 unspecified atom stereocenters. The number of carbonyl (C=O) groups is 2. The second kappa shape index (κ2) is 24.7. The molecule has 0 saturated carbocycles. The Labute approximate surface area is 345 Å². The number of aliphatic hydroxyl groups excluding tert-OH is 10. The number of amidine groups is 1. The Morgan fingerprint density at radius 3 is 1.85 bits per heavy atom. The highest BCUT2D eigenvalue weighted by atomic mass is 35.5. The number of aliphatic hydroxyl groups is 10. The molecule has 0 radical (unpaired) electrons. The van der Waals surface area contributed by atoms with Crippen molar-refractivity contribution >= 4 is 29.3 Å². The Morgan fingerprint density at radius 1 is 0.729 bits per heavy atom. The zero-order valence-corrected chi connectivity index (χ0v) is 33.0. The van der Waals surface area contributed by atoms with Crippen molar-refractivity contribution < 1.29 is 60.7 Å². The van der Waals surface area contributed by atoms with E-state index in [2.05, 4.69) is 25.3 Å². The fraction of sp³-hybridized carbons (Fsp3) is 0.526. The van der Waals surface area contributed by atoms with E-state index >= 15 is 0 Å². The van der Waals surface area contributed by atoms with E-state index in [9.17, 15) is 50.4 Å². The first-order valence-electron chi connectivity index (χ1n) is 18.9. The summed E-state index contributed by atoms with van der Waals surface area (Å²) < 4.78 is 0.